The van der Waals surface area contributed by atoms with E-state index < -0.39 is 25.7 Å². The van der Waals surface area contributed by atoms with Crippen molar-refractivity contribution in [2.24, 2.45) is 5.14 Å². The number of rotatable bonds is 7. The van der Waals surface area contributed by atoms with Crippen LogP contribution in [0.15, 0.2) is 46.2 Å². The van der Waals surface area contributed by atoms with Crippen molar-refractivity contribution < 1.29 is 30.8 Å². The molecule has 0 saturated carbocycles. The van der Waals surface area contributed by atoms with Crippen molar-refractivity contribution in [3.05, 3.63) is 53.3 Å². The second-order valence-electron chi connectivity index (χ2n) is 8.39. The molecule has 1 saturated heterocycles. The number of benzene rings is 2. The molecule has 3 rings (SSSR count). The molecule has 0 radical (unpaired) electrons. The fourth-order valence-electron chi connectivity index (χ4n) is 3.61. The van der Waals surface area contributed by atoms with Gasteiger partial charge < -0.3 is 14.5 Å². The average Bonchev–Trinajstić information content (AvgIpc) is 2.76. The molecule has 0 bridgehead atoms. The molecule has 1 fully saturated rings. The SMILES string of the molecule is CC(C)OCc1ccc(S(N)(=O)=O)cc1C(=O)N1CCN(c2ccc(S(C)(=O)=O)cc2F)CC1. The number of sulfone groups is 1. The van der Waals surface area contributed by atoms with Crippen molar-refractivity contribution in [1.29, 1.82) is 0 Å². The molecule has 1 aliphatic heterocycles. The fourth-order valence-corrected chi connectivity index (χ4v) is 4.78. The van der Waals surface area contributed by atoms with E-state index in [4.69, 9.17) is 9.88 Å². The van der Waals surface area contributed by atoms with Crippen LogP contribution in [0.5, 0.6) is 0 Å². The lowest BCUT2D eigenvalue weighted by atomic mass is 10.1. The maximum absolute atomic E-state index is 14.6. The molecule has 1 amide bonds. The molecule has 12 heteroatoms. The molecule has 2 aromatic rings. The summed E-state index contributed by atoms with van der Waals surface area (Å²) in [7, 11) is -7.53. The minimum absolute atomic E-state index is 0.0894. The Morgan fingerprint density at radius 1 is 1.03 bits per heavy atom. The molecule has 34 heavy (non-hydrogen) atoms. The van der Waals surface area contributed by atoms with Crippen LogP contribution in [-0.2, 0) is 31.2 Å². The second kappa shape index (κ2) is 9.98. The number of nitrogens with zero attached hydrogens (tertiary/aromatic N) is 2. The minimum atomic E-state index is -4.01. The summed E-state index contributed by atoms with van der Waals surface area (Å²) in [4.78, 5) is 16.3. The van der Waals surface area contributed by atoms with Crippen LogP contribution in [0.4, 0.5) is 10.1 Å². The van der Waals surface area contributed by atoms with Gasteiger partial charge in [0.15, 0.2) is 9.84 Å². The summed E-state index contributed by atoms with van der Waals surface area (Å²) in [6, 6.07) is 7.87. The first-order valence-corrected chi connectivity index (χ1v) is 14.0. The van der Waals surface area contributed by atoms with E-state index in [1.54, 1.807) is 9.80 Å². The topological polar surface area (TPSA) is 127 Å². The fraction of sp³-hybridized carbons (Fsp3) is 0.409. The van der Waals surface area contributed by atoms with E-state index in [1.807, 2.05) is 13.8 Å². The normalized spacial score (nSPS) is 15.1. The van der Waals surface area contributed by atoms with Crippen LogP contribution in [0.1, 0.15) is 29.8 Å². The van der Waals surface area contributed by atoms with Gasteiger partial charge >= 0.3 is 0 Å². The number of carbonyl (C=O) groups is 1. The van der Waals surface area contributed by atoms with Crippen molar-refractivity contribution >= 4 is 31.5 Å². The number of hydrogen-bond donors (Lipinski definition) is 1. The molecule has 9 nitrogen and oxygen atoms in total. The lowest BCUT2D eigenvalue weighted by molar-refractivity contribution is 0.0623. The third-order valence-electron chi connectivity index (χ3n) is 5.47. The summed E-state index contributed by atoms with van der Waals surface area (Å²) in [5.74, 6) is -1.03. The molecule has 0 aliphatic carbocycles. The van der Waals surface area contributed by atoms with E-state index in [0.717, 1.165) is 12.3 Å². The van der Waals surface area contributed by atoms with E-state index in [9.17, 15) is 26.0 Å². The number of carbonyl (C=O) groups excluding carboxylic acids is 1. The van der Waals surface area contributed by atoms with Gasteiger partial charge in [-0.2, -0.15) is 0 Å². The van der Waals surface area contributed by atoms with Crippen molar-refractivity contribution in [3.8, 4) is 0 Å². The lowest BCUT2D eigenvalue weighted by Gasteiger charge is -2.36. The third-order valence-corrected chi connectivity index (χ3v) is 7.49. The summed E-state index contributed by atoms with van der Waals surface area (Å²) >= 11 is 0. The summed E-state index contributed by atoms with van der Waals surface area (Å²) in [5.41, 5.74) is 0.974. The Balaban J connectivity index is 1.80. The highest BCUT2D eigenvalue weighted by Crippen LogP contribution is 2.25. The van der Waals surface area contributed by atoms with Gasteiger partial charge in [0.2, 0.25) is 10.0 Å². The Morgan fingerprint density at radius 2 is 1.65 bits per heavy atom. The van der Waals surface area contributed by atoms with Crippen LogP contribution >= 0.6 is 0 Å². The first-order valence-electron chi connectivity index (χ1n) is 10.6. The maximum Gasteiger partial charge on any atom is 0.254 e. The van der Waals surface area contributed by atoms with E-state index in [1.165, 1.54) is 30.3 Å². The smallest absolute Gasteiger partial charge is 0.254 e. The van der Waals surface area contributed by atoms with E-state index in [0.29, 0.717) is 18.7 Å². The molecular formula is C22H28FN3O6S2. The number of piperazine rings is 1. The van der Waals surface area contributed by atoms with Gasteiger partial charge in [-0.1, -0.05) is 6.07 Å². The zero-order valence-corrected chi connectivity index (χ0v) is 20.8. The van der Waals surface area contributed by atoms with Crippen molar-refractivity contribution in [1.82, 2.24) is 4.90 Å². The molecule has 1 aliphatic rings. The monoisotopic (exact) mass is 513 g/mol. The van der Waals surface area contributed by atoms with Crippen LogP contribution in [0.3, 0.4) is 0 Å². The Kier molecular flexibility index (Phi) is 7.65. The molecule has 2 N–H and O–H groups in total. The molecule has 0 aromatic heterocycles. The highest BCUT2D eigenvalue weighted by molar-refractivity contribution is 7.90. The maximum atomic E-state index is 14.6. The van der Waals surface area contributed by atoms with Crippen LogP contribution < -0.4 is 10.0 Å². The van der Waals surface area contributed by atoms with Crippen LogP contribution in [0, 0.1) is 5.82 Å². The van der Waals surface area contributed by atoms with Gasteiger partial charge in [-0.25, -0.2) is 26.4 Å². The number of primary sulfonamides is 1. The van der Waals surface area contributed by atoms with Crippen LogP contribution in [0.2, 0.25) is 0 Å². The molecular weight excluding hydrogens is 485 g/mol. The third kappa shape index (κ3) is 6.12. The van der Waals surface area contributed by atoms with Crippen LogP contribution in [0.25, 0.3) is 0 Å². The number of anilines is 1. The van der Waals surface area contributed by atoms with Crippen molar-refractivity contribution in [3.63, 3.8) is 0 Å². The number of halogens is 1. The van der Waals surface area contributed by atoms with Gasteiger partial charge in [-0.15, -0.1) is 0 Å². The molecule has 186 valence electrons. The summed E-state index contributed by atoms with van der Waals surface area (Å²) in [6.45, 7) is 4.97. The first kappa shape index (κ1) is 26.1. The van der Waals surface area contributed by atoms with Gasteiger partial charge in [-0.3, -0.25) is 4.79 Å². The largest absolute Gasteiger partial charge is 0.374 e. The summed E-state index contributed by atoms with van der Waals surface area (Å²) in [5, 5.41) is 5.25. The number of amides is 1. The second-order valence-corrected chi connectivity index (χ2v) is 12.0. The van der Waals surface area contributed by atoms with Crippen molar-refractivity contribution in [2.45, 2.75) is 36.3 Å². The molecule has 1 heterocycles. The van der Waals surface area contributed by atoms with Gasteiger partial charge in [0.1, 0.15) is 5.82 Å². The standard InChI is InChI=1S/C22H28FN3O6S2/c1-15(2)32-14-16-4-5-18(34(24,30)31)12-19(16)22(27)26-10-8-25(9-11-26)21-7-6-17(13-20(21)23)33(3,28)29/h4-7,12-13,15H,8-11,14H2,1-3H3,(H2,24,30,31). The molecule has 0 unspecified atom stereocenters. The van der Waals surface area contributed by atoms with Gasteiger partial charge in [0.05, 0.1) is 28.2 Å². The average molecular weight is 514 g/mol. The quantitative estimate of drug-likeness (QED) is 0.598. The van der Waals surface area contributed by atoms with Gasteiger partial charge in [0.25, 0.3) is 5.91 Å². The lowest BCUT2D eigenvalue weighted by Crippen LogP contribution is -2.49. The predicted octanol–water partition coefficient (Wildman–Crippen LogP) is 1.76. The van der Waals surface area contributed by atoms with E-state index >= 15 is 0 Å². The zero-order chi connectivity index (χ0) is 25.3. The van der Waals surface area contributed by atoms with Gasteiger partial charge in [0, 0.05) is 38.0 Å². The molecule has 2 aromatic carbocycles. The summed E-state index contributed by atoms with van der Waals surface area (Å²) in [6.07, 6.45) is 0.922. The zero-order valence-electron chi connectivity index (χ0n) is 19.2. The van der Waals surface area contributed by atoms with Crippen molar-refractivity contribution in [2.75, 3.05) is 37.3 Å². The number of hydrogen-bond acceptors (Lipinski definition) is 7. The highest BCUT2D eigenvalue weighted by Gasteiger charge is 2.27. The Morgan fingerprint density at radius 3 is 2.18 bits per heavy atom. The minimum Gasteiger partial charge on any atom is -0.374 e. The number of nitrogens with two attached hydrogens (primary N) is 1. The van der Waals surface area contributed by atoms with E-state index in [-0.39, 0.29) is 52.7 Å². The van der Waals surface area contributed by atoms with E-state index in [2.05, 4.69) is 0 Å². The number of ether oxygens (including phenoxy) is 1. The Hall–Kier alpha value is -2.54. The number of sulfonamides is 1. The summed E-state index contributed by atoms with van der Waals surface area (Å²) < 4.78 is 67.1. The molecule has 0 spiro atoms. The predicted molar refractivity (Wildman–Crippen MR) is 125 cm³/mol. The molecule has 0 atom stereocenters. The van der Waals surface area contributed by atoms with Gasteiger partial charge in [-0.05, 0) is 49.7 Å². The Labute approximate surface area is 199 Å². The Bertz CT molecular complexity index is 1290. The first-order chi connectivity index (χ1) is 15.8. The highest BCUT2D eigenvalue weighted by atomic mass is 32.2. The van der Waals surface area contributed by atoms with Crippen LogP contribution in [-0.4, -0.2) is 66.2 Å².